The van der Waals surface area contributed by atoms with Crippen molar-refractivity contribution in [2.45, 2.75) is 70.8 Å². The second kappa shape index (κ2) is 9.33. The SMILES string of the molecule is CC(CC1CCC(C(N=N)c2ncnc3[nH]ccc23)CC1)C1CCCC(CO)C1. The van der Waals surface area contributed by atoms with Crippen molar-refractivity contribution in [1.82, 2.24) is 15.0 Å². The van der Waals surface area contributed by atoms with Crippen molar-refractivity contribution in [3.8, 4) is 0 Å². The molecule has 0 radical (unpaired) electrons. The summed E-state index contributed by atoms with van der Waals surface area (Å²) in [4.78, 5) is 11.9. The fourth-order valence-electron chi connectivity index (χ4n) is 5.99. The summed E-state index contributed by atoms with van der Waals surface area (Å²) in [6, 6.07) is 1.85. The monoisotopic (exact) mass is 397 g/mol. The molecule has 4 atom stereocenters. The molecule has 4 rings (SSSR count). The van der Waals surface area contributed by atoms with Gasteiger partial charge in [-0.25, -0.2) is 15.5 Å². The van der Waals surface area contributed by atoms with Gasteiger partial charge in [0.1, 0.15) is 18.0 Å². The van der Waals surface area contributed by atoms with Crippen LogP contribution in [0.5, 0.6) is 0 Å². The first kappa shape index (κ1) is 20.5. The maximum absolute atomic E-state index is 9.53. The maximum atomic E-state index is 9.53. The van der Waals surface area contributed by atoms with Crippen LogP contribution in [0, 0.1) is 35.1 Å². The predicted octanol–water partition coefficient (Wildman–Crippen LogP) is 5.66. The quantitative estimate of drug-likeness (QED) is 0.526. The highest BCUT2D eigenvalue weighted by atomic mass is 16.3. The number of H-pyrrole nitrogens is 1. The van der Waals surface area contributed by atoms with Gasteiger partial charge >= 0.3 is 0 Å². The third kappa shape index (κ3) is 4.52. The van der Waals surface area contributed by atoms with Gasteiger partial charge in [-0.05, 0) is 67.8 Å². The number of hydrogen-bond donors (Lipinski definition) is 3. The van der Waals surface area contributed by atoms with Crippen molar-refractivity contribution < 1.29 is 5.11 Å². The maximum Gasteiger partial charge on any atom is 0.141 e. The first-order valence-electron chi connectivity index (χ1n) is 11.4. The van der Waals surface area contributed by atoms with Gasteiger partial charge in [0.05, 0.1) is 5.69 Å². The molecule has 0 bridgehead atoms. The van der Waals surface area contributed by atoms with Gasteiger partial charge in [-0.15, -0.1) is 0 Å². The lowest BCUT2D eigenvalue weighted by Crippen LogP contribution is -2.26. The van der Waals surface area contributed by atoms with E-state index in [0.29, 0.717) is 18.4 Å². The van der Waals surface area contributed by atoms with Crippen LogP contribution in [0.4, 0.5) is 0 Å². The fourth-order valence-corrected chi connectivity index (χ4v) is 5.99. The second-order valence-corrected chi connectivity index (χ2v) is 9.54. The molecule has 0 aromatic carbocycles. The lowest BCUT2D eigenvalue weighted by Gasteiger charge is -2.36. The van der Waals surface area contributed by atoms with Crippen LogP contribution < -0.4 is 0 Å². The molecular formula is C23H35N5O. The lowest BCUT2D eigenvalue weighted by molar-refractivity contribution is 0.119. The Hall–Kier alpha value is -1.82. The van der Waals surface area contributed by atoms with Crippen LogP contribution in [0.1, 0.15) is 76.4 Å². The number of fused-ring (bicyclic) bond motifs is 1. The molecule has 2 saturated carbocycles. The van der Waals surface area contributed by atoms with Crippen LogP contribution in [-0.2, 0) is 0 Å². The van der Waals surface area contributed by atoms with Gasteiger partial charge in [0.15, 0.2) is 0 Å². The van der Waals surface area contributed by atoms with Gasteiger partial charge < -0.3 is 10.1 Å². The molecule has 0 spiro atoms. The molecule has 2 aliphatic carbocycles. The van der Waals surface area contributed by atoms with E-state index in [-0.39, 0.29) is 6.04 Å². The van der Waals surface area contributed by atoms with E-state index < -0.39 is 0 Å². The summed E-state index contributed by atoms with van der Waals surface area (Å²) in [5, 5.41) is 14.5. The highest BCUT2D eigenvalue weighted by Gasteiger charge is 2.33. The molecular weight excluding hydrogens is 362 g/mol. The van der Waals surface area contributed by atoms with E-state index in [1.165, 1.54) is 44.9 Å². The molecule has 4 unspecified atom stereocenters. The second-order valence-electron chi connectivity index (χ2n) is 9.54. The minimum Gasteiger partial charge on any atom is -0.396 e. The average molecular weight is 398 g/mol. The van der Waals surface area contributed by atoms with E-state index in [1.807, 2.05) is 12.3 Å². The smallest absolute Gasteiger partial charge is 0.141 e. The summed E-state index contributed by atoms with van der Waals surface area (Å²) in [7, 11) is 0. The van der Waals surface area contributed by atoms with Crippen molar-refractivity contribution in [2.24, 2.45) is 34.7 Å². The molecule has 2 heterocycles. The highest BCUT2D eigenvalue weighted by Crippen LogP contribution is 2.43. The van der Waals surface area contributed by atoms with Crippen LogP contribution in [-0.4, -0.2) is 26.7 Å². The largest absolute Gasteiger partial charge is 0.396 e. The molecule has 2 aromatic heterocycles. The molecule has 0 saturated heterocycles. The Morgan fingerprint density at radius 1 is 1.14 bits per heavy atom. The first-order chi connectivity index (χ1) is 14.2. The van der Waals surface area contributed by atoms with Gasteiger partial charge in [-0.1, -0.05) is 32.6 Å². The van der Waals surface area contributed by atoms with Gasteiger partial charge in [0.2, 0.25) is 0 Å². The topological polar surface area (TPSA) is 98.0 Å². The first-order valence-corrected chi connectivity index (χ1v) is 11.4. The normalized spacial score (nSPS) is 30.1. The van der Waals surface area contributed by atoms with Crippen LogP contribution in [0.2, 0.25) is 0 Å². The molecule has 158 valence electrons. The number of aliphatic hydroxyl groups is 1. The van der Waals surface area contributed by atoms with Gasteiger partial charge in [-0.3, -0.25) is 0 Å². The van der Waals surface area contributed by atoms with Crippen LogP contribution >= 0.6 is 0 Å². The third-order valence-corrected chi connectivity index (χ3v) is 7.73. The van der Waals surface area contributed by atoms with Gasteiger partial charge in [0.25, 0.3) is 0 Å². The van der Waals surface area contributed by atoms with E-state index in [2.05, 4.69) is 27.0 Å². The number of aliphatic hydroxyl groups excluding tert-OH is 1. The van der Waals surface area contributed by atoms with E-state index in [4.69, 9.17) is 5.53 Å². The minimum absolute atomic E-state index is 0.154. The minimum atomic E-state index is -0.154. The lowest BCUT2D eigenvalue weighted by atomic mass is 9.70. The standard InChI is InChI=1S/C23H35N5O/c1-15(19-4-2-3-17(12-19)13-29)11-16-5-7-18(8-6-16)21(28-24)22-20-9-10-25-23(20)27-14-26-22/h9-10,14-19,21,24,29H,2-8,11-13H2,1H3,(H,25,26,27). The van der Waals surface area contributed by atoms with Gasteiger partial charge in [-0.2, -0.15) is 5.11 Å². The number of rotatable bonds is 7. The molecule has 2 aromatic rings. The fraction of sp³-hybridized carbons (Fsp3) is 0.739. The molecule has 6 heteroatoms. The zero-order valence-corrected chi connectivity index (χ0v) is 17.6. The Bertz CT molecular complexity index is 797. The van der Waals surface area contributed by atoms with Crippen molar-refractivity contribution in [1.29, 1.82) is 5.53 Å². The van der Waals surface area contributed by atoms with Crippen molar-refractivity contribution in [2.75, 3.05) is 6.61 Å². The van der Waals surface area contributed by atoms with E-state index >= 15 is 0 Å². The molecule has 29 heavy (non-hydrogen) atoms. The number of aromatic nitrogens is 3. The zero-order valence-electron chi connectivity index (χ0n) is 17.6. The molecule has 6 nitrogen and oxygen atoms in total. The third-order valence-electron chi connectivity index (χ3n) is 7.73. The Morgan fingerprint density at radius 3 is 2.72 bits per heavy atom. The zero-order chi connectivity index (χ0) is 20.2. The Balaban J connectivity index is 1.34. The van der Waals surface area contributed by atoms with E-state index in [9.17, 15) is 5.11 Å². The highest BCUT2D eigenvalue weighted by molar-refractivity contribution is 5.78. The van der Waals surface area contributed by atoms with E-state index in [1.54, 1.807) is 6.33 Å². The summed E-state index contributed by atoms with van der Waals surface area (Å²) < 4.78 is 0. The number of hydrogen-bond acceptors (Lipinski definition) is 5. The molecule has 2 fully saturated rings. The number of nitrogens with zero attached hydrogens (tertiary/aromatic N) is 3. The Morgan fingerprint density at radius 2 is 1.97 bits per heavy atom. The summed E-state index contributed by atoms with van der Waals surface area (Å²) in [6.45, 7) is 2.80. The predicted molar refractivity (Wildman–Crippen MR) is 114 cm³/mol. The van der Waals surface area contributed by atoms with E-state index in [0.717, 1.165) is 47.3 Å². The number of aromatic amines is 1. The summed E-state index contributed by atoms with van der Waals surface area (Å²) in [5.41, 5.74) is 9.57. The van der Waals surface area contributed by atoms with Crippen molar-refractivity contribution >= 4 is 11.0 Å². The van der Waals surface area contributed by atoms with Crippen LogP contribution in [0.3, 0.4) is 0 Å². The molecule has 2 aliphatic rings. The summed E-state index contributed by atoms with van der Waals surface area (Å²) in [6.07, 6.45) is 14.6. The molecule has 3 N–H and O–H groups in total. The Kier molecular flexibility index (Phi) is 6.58. The number of nitrogens with one attached hydrogen (secondary N) is 2. The van der Waals surface area contributed by atoms with Crippen LogP contribution in [0.25, 0.3) is 11.0 Å². The Labute approximate surface area is 173 Å². The van der Waals surface area contributed by atoms with Crippen molar-refractivity contribution in [3.63, 3.8) is 0 Å². The summed E-state index contributed by atoms with van der Waals surface area (Å²) >= 11 is 0. The summed E-state index contributed by atoms with van der Waals surface area (Å²) in [5.74, 6) is 3.27. The van der Waals surface area contributed by atoms with Crippen molar-refractivity contribution in [3.05, 3.63) is 24.3 Å². The molecule has 0 aliphatic heterocycles. The van der Waals surface area contributed by atoms with Crippen LogP contribution in [0.15, 0.2) is 23.7 Å². The molecule has 0 amide bonds. The van der Waals surface area contributed by atoms with Gasteiger partial charge in [0, 0.05) is 18.2 Å². The average Bonchev–Trinajstić information content (AvgIpc) is 3.25.